The van der Waals surface area contributed by atoms with E-state index in [2.05, 4.69) is 5.32 Å². The van der Waals surface area contributed by atoms with Crippen LogP contribution in [0.4, 0.5) is 23.7 Å². The first-order valence-electron chi connectivity index (χ1n) is 12.8. The SMILES string of the molecule is COc1cc(C(=O)N2CCN(C(=O)Nc3ccc(C(F)(F)F)cc3)CC2C(=O)N2CCOCC2)cc(OC)c1OC. The van der Waals surface area contributed by atoms with Crippen molar-refractivity contribution in [1.82, 2.24) is 14.7 Å². The molecule has 14 heteroatoms. The van der Waals surface area contributed by atoms with Gasteiger partial charge in [-0.15, -0.1) is 0 Å². The van der Waals surface area contributed by atoms with Crippen molar-refractivity contribution < 1.29 is 46.5 Å². The number of alkyl halides is 3. The number of nitrogens with one attached hydrogen (secondary N) is 1. The fourth-order valence-corrected chi connectivity index (χ4v) is 4.73. The van der Waals surface area contributed by atoms with Gasteiger partial charge in [-0.2, -0.15) is 13.2 Å². The van der Waals surface area contributed by atoms with E-state index in [1.165, 1.54) is 43.3 Å². The lowest BCUT2D eigenvalue weighted by Crippen LogP contribution is -2.63. The van der Waals surface area contributed by atoms with Gasteiger partial charge in [0.2, 0.25) is 11.7 Å². The fourth-order valence-electron chi connectivity index (χ4n) is 4.73. The zero-order valence-corrected chi connectivity index (χ0v) is 22.8. The van der Waals surface area contributed by atoms with E-state index in [9.17, 15) is 27.6 Å². The summed E-state index contributed by atoms with van der Waals surface area (Å²) in [5.74, 6) is 0.0126. The average Bonchev–Trinajstić information content (AvgIpc) is 2.99. The second-order valence-corrected chi connectivity index (χ2v) is 9.32. The summed E-state index contributed by atoms with van der Waals surface area (Å²) in [5.41, 5.74) is -0.484. The van der Waals surface area contributed by atoms with Gasteiger partial charge in [0.05, 0.1) is 46.7 Å². The van der Waals surface area contributed by atoms with E-state index in [4.69, 9.17) is 18.9 Å². The van der Waals surface area contributed by atoms with Gasteiger partial charge in [-0.25, -0.2) is 4.79 Å². The highest BCUT2D eigenvalue weighted by molar-refractivity contribution is 5.99. The number of rotatable bonds is 6. The van der Waals surface area contributed by atoms with E-state index in [-0.39, 0.29) is 48.3 Å². The van der Waals surface area contributed by atoms with Crippen LogP contribution in [0, 0.1) is 0 Å². The largest absolute Gasteiger partial charge is 0.493 e. The van der Waals surface area contributed by atoms with Crippen molar-refractivity contribution in [2.75, 3.05) is 72.6 Å². The second-order valence-electron chi connectivity index (χ2n) is 9.32. The van der Waals surface area contributed by atoms with Gasteiger partial charge in [-0.05, 0) is 36.4 Å². The Morgan fingerprint density at radius 2 is 1.49 bits per heavy atom. The van der Waals surface area contributed by atoms with Crippen molar-refractivity contribution in [3.05, 3.63) is 47.5 Å². The maximum absolute atomic E-state index is 13.8. The van der Waals surface area contributed by atoms with Crippen LogP contribution in [-0.2, 0) is 15.7 Å². The molecule has 1 unspecified atom stereocenters. The summed E-state index contributed by atoms with van der Waals surface area (Å²) in [5, 5.41) is 2.57. The Morgan fingerprint density at radius 1 is 0.878 bits per heavy atom. The summed E-state index contributed by atoms with van der Waals surface area (Å²) in [7, 11) is 4.28. The third-order valence-corrected chi connectivity index (χ3v) is 6.91. The maximum Gasteiger partial charge on any atom is 0.416 e. The number of morpholine rings is 1. The van der Waals surface area contributed by atoms with E-state index in [0.29, 0.717) is 32.1 Å². The van der Waals surface area contributed by atoms with Gasteiger partial charge in [0.15, 0.2) is 11.5 Å². The lowest BCUT2D eigenvalue weighted by Gasteiger charge is -2.42. The molecule has 2 heterocycles. The van der Waals surface area contributed by atoms with Crippen LogP contribution in [0.1, 0.15) is 15.9 Å². The third-order valence-electron chi connectivity index (χ3n) is 6.91. The van der Waals surface area contributed by atoms with Crippen LogP contribution in [-0.4, -0.2) is 106 Å². The van der Waals surface area contributed by atoms with Crippen molar-refractivity contribution in [2.45, 2.75) is 12.2 Å². The zero-order chi connectivity index (χ0) is 29.7. The topological polar surface area (TPSA) is 110 Å². The van der Waals surface area contributed by atoms with Crippen LogP contribution < -0.4 is 19.5 Å². The molecule has 0 spiro atoms. The van der Waals surface area contributed by atoms with E-state index >= 15 is 0 Å². The lowest BCUT2D eigenvalue weighted by atomic mass is 10.1. The molecule has 0 saturated carbocycles. The van der Waals surface area contributed by atoms with Crippen LogP contribution in [0.5, 0.6) is 17.2 Å². The Kier molecular flexibility index (Phi) is 9.11. The molecule has 1 atom stereocenters. The maximum atomic E-state index is 13.8. The second kappa shape index (κ2) is 12.5. The molecule has 4 rings (SSSR count). The van der Waals surface area contributed by atoms with Gasteiger partial charge in [0.25, 0.3) is 5.91 Å². The van der Waals surface area contributed by atoms with Crippen LogP contribution in [0.3, 0.4) is 0 Å². The zero-order valence-electron chi connectivity index (χ0n) is 22.8. The number of benzene rings is 2. The molecule has 2 saturated heterocycles. The molecule has 0 radical (unpaired) electrons. The summed E-state index contributed by atoms with van der Waals surface area (Å²) < 4.78 is 60.1. The molecule has 11 nitrogen and oxygen atoms in total. The fraction of sp³-hybridized carbons (Fsp3) is 0.444. The molecule has 2 aliphatic heterocycles. The van der Waals surface area contributed by atoms with Gasteiger partial charge in [0, 0.05) is 37.4 Å². The molecule has 0 bridgehead atoms. The van der Waals surface area contributed by atoms with E-state index in [1.54, 1.807) is 4.90 Å². The van der Waals surface area contributed by atoms with E-state index in [1.807, 2.05) is 0 Å². The number of methoxy groups -OCH3 is 3. The Balaban J connectivity index is 1.57. The van der Waals surface area contributed by atoms with Gasteiger partial charge in [0.1, 0.15) is 6.04 Å². The highest BCUT2D eigenvalue weighted by Gasteiger charge is 2.40. The number of anilines is 1. The predicted molar refractivity (Wildman–Crippen MR) is 140 cm³/mol. The van der Waals surface area contributed by atoms with Crippen molar-refractivity contribution in [3.63, 3.8) is 0 Å². The smallest absolute Gasteiger partial charge is 0.416 e. The molecule has 2 aromatic rings. The molecule has 2 fully saturated rings. The molecular weight excluding hydrogens is 549 g/mol. The summed E-state index contributed by atoms with van der Waals surface area (Å²) in [6.45, 7) is 1.33. The van der Waals surface area contributed by atoms with Crippen molar-refractivity contribution >= 4 is 23.5 Å². The molecular formula is C27H31F3N4O7. The number of hydrogen-bond donors (Lipinski definition) is 1. The Morgan fingerprint density at radius 3 is 2.02 bits per heavy atom. The van der Waals surface area contributed by atoms with Crippen LogP contribution in [0.2, 0.25) is 0 Å². The number of hydrogen-bond acceptors (Lipinski definition) is 7. The predicted octanol–water partition coefficient (Wildman–Crippen LogP) is 2.95. The van der Waals surface area contributed by atoms with Crippen molar-refractivity contribution in [3.8, 4) is 17.2 Å². The number of urea groups is 1. The van der Waals surface area contributed by atoms with E-state index < -0.39 is 29.7 Å². The minimum absolute atomic E-state index is 0.0245. The quantitative estimate of drug-likeness (QED) is 0.560. The Hall–Kier alpha value is -4.20. The van der Waals surface area contributed by atoms with Gasteiger partial charge < -0.3 is 39.0 Å². The minimum Gasteiger partial charge on any atom is -0.493 e. The molecule has 1 N–H and O–H groups in total. The molecule has 2 aliphatic rings. The third kappa shape index (κ3) is 6.59. The first-order valence-corrected chi connectivity index (χ1v) is 12.8. The average molecular weight is 581 g/mol. The van der Waals surface area contributed by atoms with Gasteiger partial charge in [-0.1, -0.05) is 0 Å². The molecule has 0 aliphatic carbocycles. The number of piperazine rings is 1. The first-order chi connectivity index (χ1) is 19.6. The van der Waals surface area contributed by atoms with Crippen LogP contribution in [0.25, 0.3) is 0 Å². The molecule has 0 aromatic heterocycles. The monoisotopic (exact) mass is 580 g/mol. The highest BCUT2D eigenvalue weighted by atomic mass is 19.4. The number of halogens is 3. The Labute approximate surface area is 234 Å². The summed E-state index contributed by atoms with van der Waals surface area (Å²) in [6.07, 6.45) is -4.50. The van der Waals surface area contributed by atoms with Gasteiger partial charge >= 0.3 is 12.2 Å². The van der Waals surface area contributed by atoms with Crippen LogP contribution >= 0.6 is 0 Å². The number of carbonyl (C=O) groups is 3. The highest BCUT2D eigenvalue weighted by Crippen LogP contribution is 2.39. The van der Waals surface area contributed by atoms with Gasteiger partial charge in [-0.3, -0.25) is 9.59 Å². The van der Waals surface area contributed by atoms with Crippen molar-refractivity contribution in [1.29, 1.82) is 0 Å². The van der Waals surface area contributed by atoms with Crippen molar-refractivity contribution in [2.24, 2.45) is 0 Å². The normalized spacial score (nSPS) is 17.6. The number of carbonyl (C=O) groups excluding carboxylic acids is 3. The summed E-state index contributed by atoms with van der Waals surface area (Å²) in [6, 6.07) is 5.40. The van der Waals surface area contributed by atoms with E-state index in [0.717, 1.165) is 24.3 Å². The number of ether oxygens (including phenoxy) is 4. The first kappa shape index (κ1) is 29.8. The molecule has 4 amide bonds. The summed E-state index contributed by atoms with van der Waals surface area (Å²) >= 11 is 0. The lowest BCUT2D eigenvalue weighted by molar-refractivity contribution is -0.141. The van der Waals surface area contributed by atoms with Crippen LogP contribution in [0.15, 0.2) is 36.4 Å². The molecule has 2 aromatic carbocycles. The summed E-state index contributed by atoms with van der Waals surface area (Å²) in [4.78, 5) is 44.9. The number of nitrogens with zero attached hydrogens (tertiary/aromatic N) is 3. The minimum atomic E-state index is -4.50. The Bertz CT molecular complexity index is 1240. The molecule has 41 heavy (non-hydrogen) atoms. The molecule has 222 valence electrons. The number of amides is 4. The standard InChI is InChI=1S/C27H31F3N4O7/c1-38-21-14-17(15-22(39-2)23(21)40-3)24(35)34-9-8-33(16-20(34)25(36)32-10-12-41-13-11-32)26(37)31-19-6-4-18(5-7-19)27(28,29)30/h4-7,14-15,20H,8-13,16H2,1-3H3,(H,31,37).